The van der Waals surface area contributed by atoms with Crippen LogP contribution in [0.5, 0.6) is 0 Å². The maximum Gasteiger partial charge on any atom is 0.246 e. The standard InChI is InChI=1S/C25H26ClN5O2/c1-2-22-23(15-32)30(14-18-5-9-20-21(13-18)28-16-29-25(20)27)11-12-31(22)24(33)10-6-17-3-7-19(26)8-4-17/h3-10,13,15-16,22-23H,2,11-12,14H2,1H3,(H2,27,28,29)/t22-,23?/m0/s1. The van der Waals surface area contributed by atoms with Crippen LogP contribution in [0.15, 0.2) is 54.9 Å². The van der Waals surface area contributed by atoms with E-state index in [4.69, 9.17) is 17.3 Å². The molecule has 8 heteroatoms. The number of nitrogens with two attached hydrogens (primary N) is 1. The number of fused-ring (bicyclic) bond motifs is 1. The molecule has 7 nitrogen and oxygen atoms in total. The number of halogens is 1. The molecule has 2 aromatic carbocycles. The van der Waals surface area contributed by atoms with E-state index in [-0.39, 0.29) is 18.0 Å². The quantitative estimate of drug-likeness (QED) is 0.443. The molecule has 0 saturated carbocycles. The zero-order chi connectivity index (χ0) is 23.4. The summed E-state index contributed by atoms with van der Waals surface area (Å²) in [6.45, 7) is 3.74. The highest BCUT2D eigenvalue weighted by Crippen LogP contribution is 2.24. The Morgan fingerprint density at radius 1 is 1.18 bits per heavy atom. The highest BCUT2D eigenvalue weighted by Gasteiger charge is 2.37. The van der Waals surface area contributed by atoms with Crippen LogP contribution in [0.2, 0.25) is 5.02 Å². The number of rotatable bonds is 6. The summed E-state index contributed by atoms with van der Waals surface area (Å²) in [4.78, 5) is 37.3. The molecule has 33 heavy (non-hydrogen) atoms. The molecule has 1 amide bonds. The normalized spacial score (nSPS) is 19.3. The molecule has 0 bridgehead atoms. The van der Waals surface area contributed by atoms with Crippen LogP contribution < -0.4 is 5.73 Å². The van der Waals surface area contributed by atoms with Crippen LogP contribution in [0.4, 0.5) is 5.82 Å². The van der Waals surface area contributed by atoms with Gasteiger partial charge in [-0.3, -0.25) is 9.69 Å². The molecule has 3 aromatic rings. The van der Waals surface area contributed by atoms with Crippen molar-refractivity contribution in [3.8, 4) is 0 Å². The van der Waals surface area contributed by atoms with Crippen LogP contribution in [0, 0.1) is 0 Å². The lowest BCUT2D eigenvalue weighted by atomic mass is 9.98. The summed E-state index contributed by atoms with van der Waals surface area (Å²) in [6.07, 6.45) is 6.43. The van der Waals surface area contributed by atoms with Gasteiger partial charge in [-0.25, -0.2) is 9.97 Å². The number of carbonyl (C=O) groups is 2. The molecule has 1 aliphatic rings. The van der Waals surface area contributed by atoms with Crippen molar-refractivity contribution in [3.05, 3.63) is 71.0 Å². The molecule has 2 N–H and O–H groups in total. The van der Waals surface area contributed by atoms with Gasteiger partial charge in [0, 0.05) is 36.1 Å². The first-order chi connectivity index (χ1) is 16.0. The Hall–Kier alpha value is -3.29. The number of hydrogen-bond donors (Lipinski definition) is 1. The third-order valence-corrected chi connectivity index (χ3v) is 6.34. The molecule has 0 radical (unpaired) electrons. The van der Waals surface area contributed by atoms with Gasteiger partial charge in [-0.15, -0.1) is 0 Å². The molecule has 2 heterocycles. The van der Waals surface area contributed by atoms with Crippen molar-refractivity contribution in [2.75, 3.05) is 18.8 Å². The fraction of sp³-hybridized carbons (Fsp3) is 0.280. The number of hydrogen-bond acceptors (Lipinski definition) is 6. The first-order valence-corrected chi connectivity index (χ1v) is 11.3. The average Bonchev–Trinajstić information content (AvgIpc) is 2.83. The molecule has 1 unspecified atom stereocenters. The Morgan fingerprint density at radius 3 is 2.70 bits per heavy atom. The van der Waals surface area contributed by atoms with Gasteiger partial charge in [-0.2, -0.15) is 0 Å². The monoisotopic (exact) mass is 463 g/mol. The largest absolute Gasteiger partial charge is 0.383 e. The number of nitrogen functional groups attached to an aromatic ring is 1. The van der Waals surface area contributed by atoms with Crippen molar-refractivity contribution in [1.29, 1.82) is 0 Å². The lowest BCUT2D eigenvalue weighted by molar-refractivity contribution is -0.135. The summed E-state index contributed by atoms with van der Waals surface area (Å²) in [5.41, 5.74) is 8.63. The second-order valence-electron chi connectivity index (χ2n) is 8.10. The Balaban J connectivity index is 1.49. The minimum absolute atomic E-state index is 0.0961. The van der Waals surface area contributed by atoms with Crippen LogP contribution in [-0.4, -0.2) is 57.1 Å². The third kappa shape index (κ3) is 5.05. The number of aromatic nitrogens is 2. The number of nitrogens with zero attached hydrogens (tertiary/aromatic N) is 4. The van der Waals surface area contributed by atoms with E-state index in [1.54, 1.807) is 29.2 Å². The second-order valence-corrected chi connectivity index (χ2v) is 8.54. The summed E-state index contributed by atoms with van der Waals surface area (Å²) in [5, 5.41) is 1.46. The molecule has 0 spiro atoms. The maximum atomic E-state index is 13.0. The van der Waals surface area contributed by atoms with Crippen LogP contribution in [0.25, 0.3) is 17.0 Å². The minimum Gasteiger partial charge on any atom is -0.383 e. The highest BCUT2D eigenvalue weighted by atomic mass is 35.5. The molecule has 1 aliphatic heterocycles. The van der Waals surface area contributed by atoms with E-state index in [0.29, 0.717) is 36.9 Å². The fourth-order valence-electron chi connectivity index (χ4n) is 4.37. The van der Waals surface area contributed by atoms with Gasteiger partial charge in [0.15, 0.2) is 0 Å². The summed E-state index contributed by atoms with van der Waals surface area (Å²) >= 11 is 5.92. The van der Waals surface area contributed by atoms with Crippen molar-refractivity contribution in [3.63, 3.8) is 0 Å². The van der Waals surface area contributed by atoms with Gasteiger partial charge in [0.25, 0.3) is 0 Å². The van der Waals surface area contributed by atoms with Gasteiger partial charge in [0.1, 0.15) is 18.4 Å². The highest BCUT2D eigenvalue weighted by molar-refractivity contribution is 6.30. The first kappa shape index (κ1) is 22.9. The lowest BCUT2D eigenvalue weighted by Crippen LogP contribution is -2.60. The summed E-state index contributed by atoms with van der Waals surface area (Å²) in [5.74, 6) is 0.350. The van der Waals surface area contributed by atoms with Crippen molar-refractivity contribution >= 4 is 46.6 Å². The molecule has 4 rings (SSSR count). The SMILES string of the molecule is CC[C@H]1C(C=O)N(Cc2ccc3c(N)ncnc3c2)CCN1C(=O)C=Cc1ccc(Cl)cc1. The maximum absolute atomic E-state index is 13.0. The smallest absolute Gasteiger partial charge is 0.246 e. The van der Waals surface area contributed by atoms with Crippen molar-refractivity contribution < 1.29 is 9.59 Å². The number of aldehydes is 1. The van der Waals surface area contributed by atoms with E-state index in [2.05, 4.69) is 14.9 Å². The van der Waals surface area contributed by atoms with Gasteiger partial charge in [0.2, 0.25) is 5.91 Å². The van der Waals surface area contributed by atoms with E-state index in [0.717, 1.165) is 28.3 Å². The van der Waals surface area contributed by atoms with Gasteiger partial charge in [0.05, 0.1) is 17.6 Å². The van der Waals surface area contributed by atoms with Crippen molar-refractivity contribution in [2.45, 2.75) is 32.0 Å². The third-order valence-electron chi connectivity index (χ3n) is 6.09. The van der Waals surface area contributed by atoms with E-state index >= 15 is 0 Å². The molecule has 2 atom stereocenters. The number of anilines is 1. The minimum atomic E-state index is -0.386. The topological polar surface area (TPSA) is 92.4 Å². The van der Waals surface area contributed by atoms with Crippen LogP contribution >= 0.6 is 11.6 Å². The lowest BCUT2D eigenvalue weighted by Gasteiger charge is -2.45. The number of carbonyl (C=O) groups excluding carboxylic acids is 2. The Morgan fingerprint density at radius 2 is 1.97 bits per heavy atom. The van der Waals surface area contributed by atoms with Crippen LogP contribution in [0.3, 0.4) is 0 Å². The molecule has 0 aliphatic carbocycles. The number of piperazine rings is 1. The zero-order valence-electron chi connectivity index (χ0n) is 18.4. The van der Waals surface area contributed by atoms with Crippen molar-refractivity contribution in [2.24, 2.45) is 0 Å². The summed E-state index contributed by atoms with van der Waals surface area (Å²) in [7, 11) is 0. The summed E-state index contributed by atoms with van der Waals surface area (Å²) in [6, 6.07) is 12.6. The molecule has 1 aromatic heterocycles. The van der Waals surface area contributed by atoms with Crippen molar-refractivity contribution in [1.82, 2.24) is 19.8 Å². The van der Waals surface area contributed by atoms with E-state index in [9.17, 15) is 9.59 Å². The van der Waals surface area contributed by atoms with Gasteiger partial charge in [-0.1, -0.05) is 36.7 Å². The number of benzene rings is 2. The Labute approximate surface area is 197 Å². The second kappa shape index (κ2) is 10.1. The van der Waals surface area contributed by atoms with Gasteiger partial charge >= 0.3 is 0 Å². The van der Waals surface area contributed by atoms with Gasteiger partial charge in [-0.05, 0) is 47.9 Å². The molecular formula is C25H26ClN5O2. The van der Waals surface area contributed by atoms with Crippen LogP contribution in [-0.2, 0) is 16.1 Å². The Bertz CT molecular complexity index is 1180. The summed E-state index contributed by atoms with van der Waals surface area (Å²) < 4.78 is 0. The average molecular weight is 464 g/mol. The predicted molar refractivity (Wildman–Crippen MR) is 130 cm³/mol. The first-order valence-electron chi connectivity index (χ1n) is 10.9. The van der Waals surface area contributed by atoms with Gasteiger partial charge < -0.3 is 15.4 Å². The zero-order valence-corrected chi connectivity index (χ0v) is 19.2. The predicted octanol–water partition coefficient (Wildman–Crippen LogP) is 3.57. The van der Waals surface area contributed by atoms with E-state index in [1.165, 1.54) is 6.33 Å². The molecular weight excluding hydrogens is 438 g/mol. The van der Waals surface area contributed by atoms with E-state index in [1.807, 2.05) is 37.3 Å². The molecule has 1 fully saturated rings. The van der Waals surface area contributed by atoms with E-state index < -0.39 is 0 Å². The molecule has 1 saturated heterocycles. The number of amides is 1. The van der Waals surface area contributed by atoms with Crippen LogP contribution in [0.1, 0.15) is 24.5 Å². The molecule has 170 valence electrons. The Kier molecular flexibility index (Phi) is 7.01. The fourth-order valence-corrected chi connectivity index (χ4v) is 4.49.